The van der Waals surface area contributed by atoms with Gasteiger partial charge < -0.3 is 21.1 Å². The van der Waals surface area contributed by atoms with Gasteiger partial charge in [0.1, 0.15) is 6.54 Å². The predicted octanol–water partition coefficient (Wildman–Crippen LogP) is 1.25. The summed E-state index contributed by atoms with van der Waals surface area (Å²) in [6.07, 6.45) is 3.46. The largest absolute Gasteiger partial charge is 0.468 e. The van der Waals surface area contributed by atoms with Gasteiger partial charge >= 0.3 is 5.97 Å². The number of amides is 2. The number of fused-ring (bicyclic) bond motifs is 2. The molecule has 2 bridgehead atoms. The molecular weight excluding hydrogens is 370 g/mol. The SMILES string of the molecule is COC(=O)CNC(=O)Cc1ccc(NC(=O)C2C3CCC(C3)C2N)cc1.Cl. The molecule has 4 atom stereocenters. The number of hydrogen-bond donors (Lipinski definition) is 3. The van der Waals surface area contributed by atoms with Crippen LogP contribution in [0.2, 0.25) is 0 Å². The first-order valence-electron chi connectivity index (χ1n) is 8.97. The second-order valence-electron chi connectivity index (χ2n) is 7.15. The van der Waals surface area contributed by atoms with Crippen molar-refractivity contribution >= 4 is 35.9 Å². The summed E-state index contributed by atoms with van der Waals surface area (Å²) in [5.41, 5.74) is 7.71. The Labute approximate surface area is 164 Å². The zero-order chi connectivity index (χ0) is 18.7. The normalized spacial score (nSPS) is 25.4. The molecule has 4 N–H and O–H groups in total. The lowest BCUT2D eigenvalue weighted by Crippen LogP contribution is -2.42. The fourth-order valence-electron chi connectivity index (χ4n) is 4.15. The summed E-state index contributed by atoms with van der Waals surface area (Å²) < 4.78 is 4.47. The van der Waals surface area contributed by atoms with Crippen LogP contribution in [0.4, 0.5) is 5.69 Å². The number of carbonyl (C=O) groups is 3. The summed E-state index contributed by atoms with van der Waals surface area (Å²) in [4.78, 5) is 35.3. The van der Waals surface area contributed by atoms with Crippen LogP contribution in [0.1, 0.15) is 24.8 Å². The third kappa shape index (κ3) is 4.99. The molecule has 8 heteroatoms. The van der Waals surface area contributed by atoms with E-state index in [9.17, 15) is 14.4 Å². The van der Waals surface area contributed by atoms with Crippen LogP contribution >= 0.6 is 12.4 Å². The molecule has 2 amide bonds. The van der Waals surface area contributed by atoms with Crippen LogP contribution < -0.4 is 16.4 Å². The number of rotatable bonds is 6. The van der Waals surface area contributed by atoms with Gasteiger partial charge in [0.2, 0.25) is 11.8 Å². The maximum atomic E-state index is 12.6. The smallest absolute Gasteiger partial charge is 0.325 e. The van der Waals surface area contributed by atoms with Crippen LogP contribution in [0.3, 0.4) is 0 Å². The molecular formula is C19H26ClN3O4. The molecule has 3 rings (SSSR count). The second-order valence-corrected chi connectivity index (χ2v) is 7.15. The Balaban J connectivity index is 0.00000261. The first-order valence-corrected chi connectivity index (χ1v) is 8.97. The van der Waals surface area contributed by atoms with E-state index >= 15 is 0 Å². The van der Waals surface area contributed by atoms with Crippen molar-refractivity contribution in [2.24, 2.45) is 23.5 Å². The van der Waals surface area contributed by atoms with E-state index in [0.717, 1.165) is 24.8 Å². The number of nitrogens with two attached hydrogens (primary N) is 1. The van der Waals surface area contributed by atoms with Gasteiger partial charge in [-0.2, -0.15) is 0 Å². The number of esters is 1. The maximum Gasteiger partial charge on any atom is 0.325 e. The van der Waals surface area contributed by atoms with Crippen molar-refractivity contribution in [3.63, 3.8) is 0 Å². The van der Waals surface area contributed by atoms with Gasteiger partial charge in [0, 0.05) is 11.7 Å². The third-order valence-corrected chi connectivity index (χ3v) is 5.53. The molecule has 27 heavy (non-hydrogen) atoms. The summed E-state index contributed by atoms with van der Waals surface area (Å²) in [5, 5.41) is 5.44. The van der Waals surface area contributed by atoms with Gasteiger partial charge in [0.15, 0.2) is 0 Å². The first-order chi connectivity index (χ1) is 12.5. The standard InChI is InChI=1S/C19H25N3O4.ClH/c1-26-16(24)10-21-15(23)8-11-2-6-14(7-3-11)22-19(25)17-12-4-5-13(9-12)18(17)20;/h2-3,6-7,12-13,17-18H,4-5,8-10,20H2,1H3,(H,21,23)(H,22,25);1H. The van der Waals surface area contributed by atoms with Crippen molar-refractivity contribution in [3.8, 4) is 0 Å². The maximum absolute atomic E-state index is 12.6. The van der Waals surface area contributed by atoms with Crippen molar-refractivity contribution < 1.29 is 19.1 Å². The predicted molar refractivity (Wildman–Crippen MR) is 103 cm³/mol. The van der Waals surface area contributed by atoms with Gasteiger partial charge in [-0.3, -0.25) is 14.4 Å². The Kier molecular flexibility index (Phi) is 7.21. The lowest BCUT2D eigenvalue weighted by atomic mass is 9.84. The van der Waals surface area contributed by atoms with E-state index in [1.54, 1.807) is 24.3 Å². The van der Waals surface area contributed by atoms with E-state index in [2.05, 4.69) is 15.4 Å². The van der Waals surface area contributed by atoms with E-state index < -0.39 is 5.97 Å². The number of methoxy groups -OCH3 is 1. The van der Waals surface area contributed by atoms with Gasteiger partial charge in [-0.25, -0.2) is 0 Å². The molecule has 148 valence electrons. The topological polar surface area (TPSA) is 111 Å². The average molecular weight is 396 g/mol. The van der Waals surface area contributed by atoms with Crippen molar-refractivity contribution in [1.82, 2.24) is 5.32 Å². The van der Waals surface area contributed by atoms with Gasteiger partial charge in [0.25, 0.3) is 0 Å². The van der Waals surface area contributed by atoms with Crippen LogP contribution in [0.15, 0.2) is 24.3 Å². The molecule has 0 aromatic heterocycles. The van der Waals surface area contributed by atoms with Gasteiger partial charge in [-0.15, -0.1) is 12.4 Å². The number of anilines is 1. The second kappa shape index (κ2) is 9.19. The van der Waals surface area contributed by atoms with E-state index in [4.69, 9.17) is 5.73 Å². The summed E-state index contributed by atoms with van der Waals surface area (Å²) in [6, 6.07) is 7.09. The van der Waals surface area contributed by atoms with Crippen molar-refractivity contribution in [2.45, 2.75) is 31.7 Å². The Bertz CT molecular complexity index is 693. The monoisotopic (exact) mass is 395 g/mol. The number of nitrogens with one attached hydrogen (secondary N) is 2. The zero-order valence-corrected chi connectivity index (χ0v) is 16.1. The van der Waals surface area contributed by atoms with Crippen LogP contribution in [0.25, 0.3) is 0 Å². The fraction of sp³-hybridized carbons (Fsp3) is 0.526. The van der Waals surface area contributed by atoms with Crippen molar-refractivity contribution in [2.75, 3.05) is 19.0 Å². The molecule has 2 saturated carbocycles. The molecule has 4 unspecified atom stereocenters. The minimum absolute atomic E-state index is 0. The van der Waals surface area contributed by atoms with Crippen LogP contribution in [0, 0.1) is 17.8 Å². The summed E-state index contributed by atoms with van der Waals surface area (Å²) in [5.74, 6) is 0.0376. The molecule has 0 heterocycles. The van der Waals surface area contributed by atoms with Gasteiger partial charge in [-0.05, 0) is 48.8 Å². The Morgan fingerprint density at radius 1 is 1.15 bits per heavy atom. The number of ether oxygens (including phenoxy) is 1. The highest BCUT2D eigenvalue weighted by atomic mass is 35.5. The number of carbonyl (C=O) groups excluding carboxylic acids is 3. The highest BCUT2D eigenvalue weighted by Crippen LogP contribution is 2.47. The minimum atomic E-state index is -0.491. The van der Waals surface area contributed by atoms with Crippen LogP contribution in [-0.2, 0) is 25.5 Å². The number of hydrogen-bond acceptors (Lipinski definition) is 5. The fourth-order valence-corrected chi connectivity index (χ4v) is 4.15. The minimum Gasteiger partial charge on any atom is -0.468 e. The average Bonchev–Trinajstić information content (AvgIpc) is 3.22. The molecule has 0 aliphatic heterocycles. The Morgan fingerprint density at radius 3 is 2.41 bits per heavy atom. The van der Waals surface area contributed by atoms with E-state index in [0.29, 0.717) is 17.5 Å². The molecule has 1 aromatic carbocycles. The third-order valence-electron chi connectivity index (χ3n) is 5.53. The summed E-state index contributed by atoms with van der Waals surface area (Å²) >= 11 is 0. The highest BCUT2D eigenvalue weighted by Gasteiger charge is 2.49. The van der Waals surface area contributed by atoms with Crippen molar-refractivity contribution in [1.29, 1.82) is 0 Å². The Morgan fingerprint density at radius 2 is 1.81 bits per heavy atom. The summed E-state index contributed by atoms with van der Waals surface area (Å²) in [7, 11) is 1.27. The lowest BCUT2D eigenvalue weighted by Gasteiger charge is -2.27. The molecule has 0 saturated heterocycles. The summed E-state index contributed by atoms with van der Waals surface area (Å²) in [6.45, 7) is -0.146. The van der Waals surface area contributed by atoms with E-state index in [1.807, 2.05) is 0 Å². The quantitative estimate of drug-likeness (QED) is 0.628. The van der Waals surface area contributed by atoms with Crippen LogP contribution in [-0.4, -0.2) is 37.5 Å². The highest BCUT2D eigenvalue weighted by molar-refractivity contribution is 5.93. The van der Waals surface area contributed by atoms with Gasteiger partial charge in [-0.1, -0.05) is 12.1 Å². The van der Waals surface area contributed by atoms with Crippen LogP contribution in [0.5, 0.6) is 0 Å². The molecule has 2 aliphatic carbocycles. The molecule has 7 nitrogen and oxygen atoms in total. The van der Waals surface area contributed by atoms with Gasteiger partial charge in [0.05, 0.1) is 19.4 Å². The molecule has 2 fully saturated rings. The molecule has 0 radical (unpaired) electrons. The molecule has 0 spiro atoms. The van der Waals surface area contributed by atoms with E-state index in [1.165, 1.54) is 7.11 Å². The Hall–Kier alpha value is -2.12. The molecule has 2 aliphatic rings. The van der Waals surface area contributed by atoms with Crippen molar-refractivity contribution in [3.05, 3.63) is 29.8 Å². The molecule has 1 aromatic rings. The van der Waals surface area contributed by atoms with E-state index in [-0.39, 0.29) is 49.1 Å². The number of halogens is 1. The first kappa shape index (κ1) is 21.2. The zero-order valence-electron chi connectivity index (χ0n) is 15.3. The lowest BCUT2D eigenvalue weighted by molar-refractivity contribution is -0.141. The number of benzene rings is 1.